The van der Waals surface area contributed by atoms with Gasteiger partial charge < -0.3 is 11.1 Å². The molecule has 2 atom stereocenters. The zero-order valence-corrected chi connectivity index (χ0v) is 17.4. The number of nitrogens with one attached hydrogen (secondary N) is 1. The van der Waals surface area contributed by atoms with Crippen LogP contribution < -0.4 is 11.1 Å². The molecular weight excluding hydrogens is 368 g/mol. The molecule has 4 fully saturated rings. The number of nitrogens with two attached hydrogens (primary N) is 1. The molecule has 0 spiro atoms. The van der Waals surface area contributed by atoms with Crippen molar-refractivity contribution < 1.29 is 9.59 Å². The van der Waals surface area contributed by atoms with Crippen LogP contribution >= 0.6 is 11.3 Å². The fraction of sp³-hybridized carbons (Fsp3) is 0.565. The third-order valence-electron chi connectivity index (χ3n) is 7.82. The van der Waals surface area contributed by atoms with Gasteiger partial charge in [0.1, 0.15) is 0 Å². The Bertz CT molecular complexity index is 946. The van der Waals surface area contributed by atoms with Crippen molar-refractivity contribution in [1.29, 1.82) is 0 Å². The first-order valence-electron chi connectivity index (χ1n) is 10.4. The maximum atomic E-state index is 13.4. The normalized spacial score (nSPS) is 33.9. The van der Waals surface area contributed by atoms with Gasteiger partial charge in [0.2, 0.25) is 11.8 Å². The van der Waals surface area contributed by atoms with E-state index in [1.807, 2.05) is 26.0 Å². The lowest BCUT2D eigenvalue weighted by atomic mass is 9.47. The SMILES string of the molecule is CC(C)(C(=O)NC1C2CC3CC1CC(C(N)=O)(C3)C2)c1csc2ccccc12. The summed E-state index contributed by atoms with van der Waals surface area (Å²) in [4.78, 5) is 25.6. The highest BCUT2D eigenvalue weighted by molar-refractivity contribution is 7.17. The van der Waals surface area contributed by atoms with Crippen LogP contribution in [0.1, 0.15) is 51.5 Å². The second-order valence-electron chi connectivity index (χ2n) is 9.88. The van der Waals surface area contributed by atoms with E-state index in [2.05, 4.69) is 22.8 Å². The predicted molar refractivity (Wildman–Crippen MR) is 112 cm³/mol. The number of primary amides is 1. The van der Waals surface area contributed by atoms with Crippen molar-refractivity contribution in [2.24, 2.45) is 28.9 Å². The van der Waals surface area contributed by atoms with E-state index in [4.69, 9.17) is 5.73 Å². The van der Waals surface area contributed by atoms with Gasteiger partial charge in [0.05, 0.1) is 5.41 Å². The van der Waals surface area contributed by atoms with Crippen molar-refractivity contribution in [2.45, 2.75) is 57.4 Å². The number of carbonyl (C=O) groups excluding carboxylic acids is 2. The van der Waals surface area contributed by atoms with Crippen molar-refractivity contribution in [3.05, 3.63) is 35.2 Å². The number of benzene rings is 1. The van der Waals surface area contributed by atoms with Gasteiger partial charge in [-0.2, -0.15) is 0 Å². The van der Waals surface area contributed by atoms with Crippen molar-refractivity contribution >= 4 is 33.2 Å². The minimum absolute atomic E-state index is 0.0988. The average Bonchev–Trinajstić information content (AvgIpc) is 3.08. The summed E-state index contributed by atoms with van der Waals surface area (Å²) in [5.41, 5.74) is 6.00. The van der Waals surface area contributed by atoms with Crippen molar-refractivity contribution in [2.75, 3.05) is 0 Å². The summed E-state index contributed by atoms with van der Waals surface area (Å²) >= 11 is 1.70. The summed E-state index contributed by atoms with van der Waals surface area (Å²) in [5, 5.41) is 6.72. The topological polar surface area (TPSA) is 72.2 Å². The lowest BCUT2D eigenvalue weighted by Crippen LogP contribution is -2.63. The monoisotopic (exact) mass is 396 g/mol. The Balaban J connectivity index is 1.39. The molecule has 4 nitrogen and oxygen atoms in total. The molecular formula is C23H28N2O2S. The lowest BCUT2D eigenvalue weighted by molar-refractivity contribution is -0.148. The number of amides is 2. The van der Waals surface area contributed by atoms with Crippen LogP contribution in [0.5, 0.6) is 0 Å². The predicted octanol–water partition coefficient (Wildman–Crippen LogP) is 3.98. The number of carbonyl (C=O) groups is 2. The molecule has 6 rings (SSSR count). The summed E-state index contributed by atoms with van der Waals surface area (Å²) in [5.74, 6) is 1.35. The van der Waals surface area contributed by atoms with Crippen LogP contribution in [0.2, 0.25) is 0 Å². The van der Waals surface area contributed by atoms with Gasteiger partial charge in [0.15, 0.2) is 0 Å². The summed E-state index contributed by atoms with van der Waals surface area (Å²) < 4.78 is 1.22. The molecule has 28 heavy (non-hydrogen) atoms. The smallest absolute Gasteiger partial charge is 0.230 e. The van der Waals surface area contributed by atoms with Crippen molar-refractivity contribution in [3.8, 4) is 0 Å². The zero-order chi connectivity index (χ0) is 19.7. The standard InChI is InChI=1S/C23H28N2O2S/c1-22(2,17-12-28-18-6-4-3-5-16(17)18)21(27)25-19-14-7-13-8-15(19)11-23(9-13,10-14)20(24)26/h3-6,12-15,19H,7-11H2,1-2H3,(H2,24,26)(H,25,27). The molecule has 1 aromatic heterocycles. The molecule has 1 heterocycles. The highest BCUT2D eigenvalue weighted by Crippen LogP contribution is 2.60. The first kappa shape index (κ1) is 18.2. The van der Waals surface area contributed by atoms with Gasteiger partial charge in [0.25, 0.3) is 0 Å². The van der Waals surface area contributed by atoms with Crippen molar-refractivity contribution in [3.63, 3.8) is 0 Å². The molecule has 148 valence electrons. The summed E-state index contributed by atoms with van der Waals surface area (Å²) in [6.45, 7) is 4.05. The van der Waals surface area contributed by atoms with Gasteiger partial charge in [-0.05, 0) is 86.1 Å². The molecule has 4 saturated carbocycles. The summed E-state index contributed by atoms with van der Waals surface area (Å²) in [7, 11) is 0. The Kier molecular flexibility index (Phi) is 3.93. The molecule has 0 saturated heterocycles. The number of hydrogen-bond donors (Lipinski definition) is 2. The number of hydrogen-bond acceptors (Lipinski definition) is 3. The largest absolute Gasteiger partial charge is 0.369 e. The van der Waals surface area contributed by atoms with Crippen molar-refractivity contribution in [1.82, 2.24) is 5.32 Å². The Morgan fingerprint density at radius 2 is 1.82 bits per heavy atom. The maximum Gasteiger partial charge on any atom is 0.230 e. The van der Waals surface area contributed by atoms with Crippen LogP contribution in [-0.4, -0.2) is 17.9 Å². The lowest BCUT2D eigenvalue weighted by Gasteiger charge is -2.59. The zero-order valence-electron chi connectivity index (χ0n) is 16.5. The van der Waals surface area contributed by atoms with Crippen LogP contribution in [0.15, 0.2) is 29.6 Å². The third kappa shape index (κ3) is 2.55. The average molecular weight is 397 g/mol. The first-order chi connectivity index (χ1) is 13.3. The third-order valence-corrected chi connectivity index (χ3v) is 8.78. The number of thiophene rings is 1. The Labute approximate surface area is 169 Å². The first-order valence-corrected chi connectivity index (χ1v) is 11.3. The van der Waals surface area contributed by atoms with Crippen LogP contribution in [-0.2, 0) is 15.0 Å². The van der Waals surface area contributed by atoms with E-state index in [-0.39, 0.29) is 23.3 Å². The molecule has 1 aromatic carbocycles. The molecule has 4 aliphatic rings. The van der Waals surface area contributed by atoms with E-state index in [1.54, 1.807) is 11.3 Å². The van der Waals surface area contributed by atoms with Gasteiger partial charge in [-0.3, -0.25) is 9.59 Å². The van der Waals surface area contributed by atoms with Crippen LogP contribution in [0, 0.1) is 23.2 Å². The van der Waals surface area contributed by atoms with Gasteiger partial charge in [0, 0.05) is 16.2 Å². The van der Waals surface area contributed by atoms with Gasteiger partial charge >= 0.3 is 0 Å². The molecule has 2 amide bonds. The van der Waals surface area contributed by atoms with E-state index < -0.39 is 5.41 Å². The van der Waals surface area contributed by atoms with E-state index in [1.165, 1.54) is 10.1 Å². The van der Waals surface area contributed by atoms with Crippen LogP contribution in [0.3, 0.4) is 0 Å². The van der Waals surface area contributed by atoms with E-state index in [0.29, 0.717) is 17.8 Å². The molecule has 2 unspecified atom stereocenters. The maximum absolute atomic E-state index is 13.4. The molecule has 5 heteroatoms. The van der Waals surface area contributed by atoms with E-state index in [9.17, 15) is 9.59 Å². The highest BCUT2D eigenvalue weighted by atomic mass is 32.1. The summed E-state index contributed by atoms with van der Waals surface area (Å²) in [6.07, 6.45) is 4.91. The second-order valence-corrected chi connectivity index (χ2v) is 10.8. The van der Waals surface area contributed by atoms with E-state index >= 15 is 0 Å². The quantitative estimate of drug-likeness (QED) is 0.821. The molecule has 0 radical (unpaired) electrons. The highest BCUT2D eigenvalue weighted by Gasteiger charge is 2.58. The van der Waals surface area contributed by atoms with Crippen LogP contribution in [0.25, 0.3) is 10.1 Å². The van der Waals surface area contributed by atoms with Gasteiger partial charge in [-0.25, -0.2) is 0 Å². The van der Waals surface area contributed by atoms with E-state index in [0.717, 1.165) is 37.7 Å². The minimum atomic E-state index is -0.588. The minimum Gasteiger partial charge on any atom is -0.369 e. The van der Waals surface area contributed by atoms with Gasteiger partial charge in [-0.15, -0.1) is 11.3 Å². The van der Waals surface area contributed by atoms with Crippen LogP contribution in [0.4, 0.5) is 0 Å². The molecule has 4 aliphatic carbocycles. The molecule has 3 N–H and O–H groups in total. The molecule has 0 aliphatic heterocycles. The Morgan fingerprint density at radius 3 is 2.50 bits per heavy atom. The summed E-state index contributed by atoms with van der Waals surface area (Å²) in [6, 6.07) is 8.47. The molecule has 4 bridgehead atoms. The fourth-order valence-corrected chi connectivity index (χ4v) is 7.61. The number of fused-ring (bicyclic) bond motifs is 1. The van der Waals surface area contributed by atoms with Gasteiger partial charge in [-0.1, -0.05) is 18.2 Å². The Morgan fingerprint density at radius 1 is 1.14 bits per heavy atom. The fourth-order valence-electron chi connectivity index (χ4n) is 6.48. The molecule has 2 aromatic rings. The number of rotatable bonds is 4. The Hall–Kier alpha value is -1.88. The second kappa shape index (κ2) is 6.06.